The molecular formula is C26H34O3Si. The van der Waals surface area contributed by atoms with Crippen molar-refractivity contribution < 1.29 is 13.9 Å². The summed E-state index contributed by atoms with van der Waals surface area (Å²) < 4.78 is 18.5. The standard InChI is InChI=1S/C26H34O3Si/c1-9-14-23(29-30(7,8)26(3,4)5)22-17-18-24(27-6)25(21(22)10-2)28-19-20-15-12-11-13-16-20/h2,9,11-13,15-18,23H,1,14,19H2,3-8H3/t23-/m0/s1. The van der Waals surface area contributed by atoms with Gasteiger partial charge in [-0.25, -0.2) is 0 Å². The Bertz CT molecular complexity index is 889. The highest BCUT2D eigenvalue weighted by Gasteiger charge is 2.39. The van der Waals surface area contributed by atoms with E-state index in [2.05, 4.69) is 46.4 Å². The first kappa shape index (κ1) is 23.8. The van der Waals surface area contributed by atoms with E-state index in [9.17, 15) is 0 Å². The molecule has 0 unspecified atom stereocenters. The average Bonchev–Trinajstić information content (AvgIpc) is 2.70. The molecule has 0 bridgehead atoms. The second-order valence-electron chi connectivity index (χ2n) is 8.87. The van der Waals surface area contributed by atoms with E-state index < -0.39 is 8.32 Å². The molecular weight excluding hydrogens is 388 g/mol. The zero-order chi connectivity index (χ0) is 22.4. The molecule has 3 nitrogen and oxygen atoms in total. The Morgan fingerprint density at radius 3 is 2.33 bits per heavy atom. The topological polar surface area (TPSA) is 27.7 Å². The first-order valence-corrected chi connectivity index (χ1v) is 13.2. The van der Waals surface area contributed by atoms with E-state index >= 15 is 0 Å². The highest BCUT2D eigenvalue weighted by atomic mass is 28.4. The number of ether oxygens (including phenoxy) is 2. The number of hydrogen-bond acceptors (Lipinski definition) is 3. The monoisotopic (exact) mass is 422 g/mol. The van der Waals surface area contributed by atoms with Crippen LogP contribution in [0, 0.1) is 12.3 Å². The predicted octanol–water partition coefficient (Wildman–Crippen LogP) is 6.89. The summed E-state index contributed by atoms with van der Waals surface area (Å²) in [6.45, 7) is 15.5. The van der Waals surface area contributed by atoms with Crippen LogP contribution in [0.25, 0.3) is 0 Å². The fourth-order valence-electron chi connectivity index (χ4n) is 2.95. The molecule has 0 saturated carbocycles. The molecule has 30 heavy (non-hydrogen) atoms. The van der Waals surface area contributed by atoms with Crippen molar-refractivity contribution in [2.75, 3.05) is 7.11 Å². The van der Waals surface area contributed by atoms with Gasteiger partial charge in [0, 0.05) is 0 Å². The fourth-order valence-corrected chi connectivity index (χ4v) is 4.24. The molecule has 2 aromatic carbocycles. The molecule has 2 aromatic rings. The van der Waals surface area contributed by atoms with Gasteiger partial charge in [-0.05, 0) is 41.7 Å². The molecule has 1 atom stereocenters. The first-order valence-electron chi connectivity index (χ1n) is 10.3. The Morgan fingerprint density at radius 2 is 1.80 bits per heavy atom. The molecule has 2 rings (SSSR count). The Kier molecular flexibility index (Phi) is 7.94. The largest absolute Gasteiger partial charge is 0.493 e. The Morgan fingerprint density at radius 1 is 1.13 bits per heavy atom. The third-order valence-electron chi connectivity index (χ3n) is 5.71. The normalized spacial score (nSPS) is 12.7. The van der Waals surface area contributed by atoms with Gasteiger partial charge in [0.05, 0.1) is 18.8 Å². The molecule has 0 aliphatic rings. The molecule has 0 aliphatic carbocycles. The lowest BCUT2D eigenvalue weighted by Gasteiger charge is -2.39. The molecule has 0 saturated heterocycles. The minimum atomic E-state index is -2.02. The third kappa shape index (κ3) is 5.56. The minimum Gasteiger partial charge on any atom is -0.493 e. The van der Waals surface area contributed by atoms with Gasteiger partial charge in [0.15, 0.2) is 19.8 Å². The van der Waals surface area contributed by atoms with Crippen LogP contribution < -0.4 is 9.47 Å². The number of benzene rings is 2. The van der Waals surface area contributed by atoms with Crippen molar-refractivity contribution in [3.05, 3.63) is 71.8 Å². The average molecular weight is 423 g/mol. The van der Waals surface area contributed by atoms with Gasteiger partial charge in [-0.15, -0.1) is 13.0 Å². The fraction of sp³-hybridized carbons (Fsp3) is 0.385. The van der Waals surface area contributed by atoms with Crippen LogP contribution in [-0.4, -0.2) is 15.4 Å². The summed E-state index contributed by atoms with van der Waals surface area (Å²) >= 11 is 0. The van der Waals surface area contributed by atoms with Gasteiger partial charge in [-0.1, -0.05) is 69.2 Å². The number of rotatable bonds is 9. The van der Waals surface area contributed by atoms with Crippen LogP contribution in [0.5, 0.6) is 11.5 Å². The maximum atomic E-state index is 6.74. The van der Waals surface area contributed by atoms with E-state index in [1.807, 2.05) is 48.5 Å². The van der Waals surface area contributed by atoms with Crippen molar-refractivity contribution >= 4 is 8.32 Å². The van der Waals surface area contributed by atoms with Crippen LogP contribution >= 0.6 is 0 Å². The van der Waals surface area contributed by atoms with Crippen molar-refractivity contribution in [2.45, 2.75) is 58.0 Å². The highest BCUT2D eigenvalue weighted by molar-refractivity contribution is 6.74. The Hall–Kier alpha value is -2.48. The van der Waals surface area contributed by atoms with E-state index in [-0.39, 0.29) is 11.1 Å². The summed E-state index contributed by atoms with van der Waals surface area (Å²) in [5.41, 5.74) is 2.68. The smallest absolute Gasteiger partial charge is 0.192 e. The molecule has 0 heterocycles. The lowest BCUT2D eigenvalue weighted by molar-refractivity contribution is 0.185. The predicted molar refractivity (Wildman–Crippen MR) is 128 cm³/mol. The van der Waals surface area contributed by atoms with Crippen molar-refractivity contribution in [3.63, 3.8) is 0 Å². The quantitative estimate of drug-likeness (QED) is 0.250. The lowest BCUT2D eigenvalue weighted by Crippen LogP contribution is -2.41. The number of methoxy groups -OCH3 is 1. The lowest BCUT2D eigenvalue weighted by atomic mass is 9.99. The maximum absolute atomic E-state index is 6.74. The number of hydrogen-bond donors (Lipinski definition) is 0. The van der Waals surface area contributed by atoms with Gasteiger partial charge < -0.3 is 13.9 Å². The van der Waals surface area contributed by atoms with Crippen molar-refractivity contribution in [2.24, 2.45) is 0 Å². The van der Waals surface area contributed by atoms with E-state index in [1.54, 1.807) is 7.11 Å². The summed E-state index contributed by atoms with van der Waals surface area (Å²) in [6, 6.07) is 13.9. The summed E-state index contributed by atoms with van der Waals surface area (Å²) in [4.78, 5) is 0. The Balaban J connectivity index is 2.47. The summed E-state index contributed by atoms with van der Waals surface area (Å²) in [6.07, 6.45) is 8.34. The molecule has 160 valence electrons. The number of terminal acetylenes is 1. The van der Waals surface area contributed by atoms with Crippen molar-refractivity contribution in [1.29, 1.82) is 0 Å². The zero-order valence-corrected chi connectivity index (χ0v) is 20.1. The van der Waals surface area contributed by atoms with Crippen LogP contribution in [0.4, 0.5) is 0 Å². The Labute approximate surface area is 183 Å². The van der Waals surface area contributed by atoms with Gasteiger partial charge in [-0.2, -0.15) is 0 Å². The molecule has 0 N–H and O–H groups in total. The third-order valence-corrected chi connectivity index (χ3v) is 10.2. The second-order valence-corrected chi connectivity index (χ2v) is 13.6. The molecule has 0 fully saturated rings. The van der Waals surface area contributed by atoms with Crippen LogP contribution in [0.3, 0.4) is 0 Å². The van der Waals surface area contributed by atoms with Crippen LogP contribution in [-0.2, 0) is 11.0 Å². The maximum Gasteiger partial charge on any atom is 0.192 e. The van der Waals surface area contributed by atoms with Crippen LogP contribution in [0.1, 0.15) is 50.0 Å². The molecule has 0 spiro atoms. The molecule has 0 aliphatic heterocycles. The van der Waals surface area contributed by atoms with Gasteiger partial charge >= 0.3 is 0 Å². The first-order chi connectivity index (χ1) is 14.1. The zero-order valence-electron chi connectivity index (χ0n) is 19.1. The van der Waals surface area contributed by atoms with Crippen molar-refractivity contribution in [3.8, 4) is 23.8 Å². The SMILES string of the molecule is C#Cc1c([C@H](CC=C)O[Si](C)(C)C(C)(C)C)ccc(OC)c1OCc1ccccc1. The van der Waals surface area contributed by atoms with Crippen LogP contribution in [0.2, 0.25) is 18.1 Å². The van der Waals surface area contributed by atoms with Gasteiger partial charge in [0.1, 0.15) is 6.61 Å². The van der Waals surface area contributed by atoms with Gasteiger partial charge in [0.25, 0.3) is 0 Å². The molecule has 0 amide bonds. The van der Waals surface area contributed by atoms with E-state index in [0.717, 1.165) is 11.1 Å². The van der Waals surface area contributed by atoms with Gasteiger partial charge in [0.2, 0.25) is 0 Å². The molecule has 0 radical (unpaired) electrons. The van der Waals surface area contributed by atoms with E-state index in [0.29, 0.717) is 30.1 Å². The van der Waals surface area contributed by atoms with Crippen LogP contribution in [0.15, 0.2) is 55.1 Å². The summed E-state index contributed by atoms with van der Waals surface area (Å²) in [7, 11) is -0.400. The minimum absolute atomic E-state index is 0.0852. The summed E-state index contributed by atoms with van der Waals surface area (Å²) in [5, 5.41) is 0.0852. The highest BCUT2D eigenvalue weighted by Crippen LogP contribution is 2.43. The molecule has 0 aromatic heterocycles. The molecule has 4 heteroatoms. The van der Waals surface area contributed by atoms with E-state index in [4.69, 9.17) is 20.3 Å². The van der Waals surface area contributed by atoms with Gasteiger partial charge in [-0.3, -0.25) is 0 Å². The van der Waals surface area contributed by atoms with E-state index in [1.165, 1.54) is 0 Å². The summed E-state index contributed by atoms with van der Waals surface area (Å²) in [5.74, 6) is 4.03. The second kappa shape index (κ2) is 10.0. The van der Waals surface area contributed by atoms with Crippen molar-refractivity contribution in [1.82, 2.24) is 0 Å².